The molecular formula is C30H33F4N5O. The molecule has 2 N–H and O–H groups in total. The molecule has 0 saturated carbocycles. The lowest BCUT2D eigenvalue weighted by Crippen LogP contribution is -2.44. The van der Waals surface area contributed by atoms with Crippen molar-refractivity contribution in [3.8, 4) is 0 Å². The van der Waals surface area contributed by atoms with Crippen molar-refractivity contribution in [1.82, 2.24) is 10.2 Å². The zero-order chi connectivity index (χ0) is 28.9. The van der Waals surface area contributed by atoms with E-state index in [-0.39, 0.29) is 0 Å². The maximum absolute atomic E-state index is 14.0. The predicted molar refractivity (Wildman–Crippen MR) is 151 cm³/mol. The molecule has 0 atom stereocenters. The fourth-order valence-electron chi connectivity index (χ4n) is 4.60. The molecule has 3 aromatic carbocycles. The van der Waals surface area contributed by atoms with Crippen LogP contribution >= 0.6 is 0 Å². The summed E-state index contributed by atoms with van der Waals surface area (Å²) in [5.74, 6) is -1.39. The topological polar surface area (TPSA) is 60.0 Å². The molecule has 40 heavy (non-hydrogen) atoms. The number of nitrogens with one attached hydrogen (secondary N) is 2. The van der Waals surface area contributed by atoms with E-state index in [0.29, 0.717) is 42.6 Å². The van der Waals surface area contributed by atoms with E-state index in [2.05, 4.69) is 29.4 Å². The first-order valence-corrected chi connectivity index (χ1v) is 13.3. The summed E-state index contributed by atoms with van der Waals surface area (Å²) in [4.78, 5) is 22.2. The normalized spacial score (nSPS) is 13.2. The standard InChI is InChI=1S/C30H33F4N5O/c1-4-38(5-2)14-8-13-35-29-37-25-10-7-6-9-21(25)19-39(29)27-15-20(3)11-12-26(27)36-28(40)22-16-23(30(32,33)34)18-24(31)17-22/h6-7,9-12,15-18H,4-5,8,13-14,19H2,1-3H3,(H,35,37)(H,36,40). The molecule has 0 fully saturated rings. The lowest BCUT2D eigenvalue weighted by molar-refractivity contribution is -0.137. The van der Waals surface area contributed by atoms with Crippen molar-refractivity contribution in [2.45, 2.75) is 39.9 Å². The van der Waals surface area contributed by atoms with Gasteiger partial charge in [-0.25, -0.2) is 9.38 Å². The Kier molecular flexibility index (Phi) is 9.09. The lowest BCUT2D eigenvalue weighted by Gasteiger charge is -2.32. The summed E-state index contributed by atoms with van der Waals surface area (Å²) in [5.41, 5.74) is 2.06. The molecule has 212 valence electrons. The average molecular weight is 556 g/mol. The number of benzene rings is 3. The molecule has 0 aliphatic carbocycles. The van der Waals surface area contributed by atoms with Gasteiger partial charge in [0.2, 0.25) is 5.96 Å². The van der Waals surface area contributed by atoms with Crippen LogP contribution in [0.2, 0.25) is 0 Å². The van der Waals surface area contributed by atoms with E-state index >= 15 is 0 Å². The van der Waals surface area contributed by atoms with Gasteiger partial charge in [0.05, 0.1) is 29.2 Å². The Bertz CT molecular complexity index is 1380. The highest BCUT2D eigenvalue weighted by Crippen LogP contribution is 2.35. The number of carbonyl (C=O) groups is 1. The van der Waals surface area contributed by atoms with Gasteiger partial charge in [0.25, 0.3) is 5.91 Å². The van der Waals surface area contributed by atoms with Gasteiger partial charge in [-0.3, -0.25) is 4.79 Å². The molecule has 10 heteroatoms. The molecule has 0 radical (unpaired) electrons. The Balaban J connectivity index is 1.63. The summed E-state index contributed by atoms with van der Waals surface area (Å²) in [5, 5.41) is 6.13. The largest absolute Gasteiger partial charge is 0.416 e. The quantitative estimate of drug-likeness (QED) is 0.227. The highest BCUT2D eigenvalue weighted by atomic mass is 19.4. The predicted octanol–water partition coefficient (Wildman–Crippen LogP) is 6.73. The second kappa shape index (κ2) is 12.5. The van der Waals surface area contributed by atoms with Gasteiger partial charge in [-0.2, -0.15) is 13.2 Å². The third-order valence-electron chi connectivity index (χ3n) is 6.81. The second-order valence-corrected chi connectivity index (χ2v) is 9.66. The maximum Gasteiger partial charge on any atom is 0.416 e. The van der Waals surface area contributed by atoms with Gasteiger partial charge in [0.15, 0.2) is 0 Å². The van der Waals surface area contributed by atoms with E-state index in [1.807, 2.05) is 42.2 Å². The van der Waals surface area contributed by atoms with Crippen LogP contribution in [0.25, 0.3) is 0 Å². The summed E-state index contributed by atoms with van der Waals surface area (Å²) in [6, 6.07) is 14.9. The number of amides is 1. The number of fused-ring (bicyclic) bond motifs is 1. The molecule has 0 saturated heterocycles. The van der Waals surface area contributed by atoms with Crippen LogP contribution in [0, 0.1) is 12.7 Å². The minimum absolute atomic E-state index is 0.366. The number of guanidine groups is 1. The van der Waals surface area contributed by atoms with Crippen molar-refractivity contribution in [3.05, 3.63) is 88.7 Å². The third kappa shape index (κ3) is 6.98. The van der Waals surface area contributed by atoms with Gasteiger partial charge < -0.3 is 20.4 Å². The van der Waals surface area contributed by atoms with Gasteiger partial charge in [-0.1, -0.05) is 38.1 Å². The number of rotatable bonds is 9. The van der Waals surface area contributed by atoms with E-state index in [1.54, 1.807) is 12.1 Å². The van der Waals surface area contributed by atoms with Gasteiger partial charge in [-0.05, 0) is 80.5 Å². The number of aryl methyl sites for hydroxylation is 1. The minimum Gasteiger partial charge on any atom is -0.356 e. The maximum atomic E-state index is 14.0. The minimum atomic E-state index is -4.78. The molecule has 1 heterocycles. The summed E-state index contributed by atoms with van der Waals surface area (Å²) >= 11 is 0. The fourth-order valence-corrected chi connectivity index (χ4v) is 4.60. The molecular weight excluding hydrogens is 522 g/mol. The van der Waals surface area contributed by atoms with Crippen LogP contribution in [0.15, 0.2) is 65.7 Å². The molecule has 0 spiro atoms. The summed E-state index contributed by atoms with van der Waals surface area (Å²) in [6.07, 6.45) is -3.88. The van der Waals surface area contributed by atoms with Crippen LogP contribution in [-0.4, -0.2) is 42.9 Å². The van der Waals surface area contributed by atoms with Crippen LogP contribution in [0.4, 0.5) is 34.6 Å². The van der Waals surface area contributed by atoms with E-state index in [4.69, 9.17) is 4.99 Å². The number of carbonyl (C=O) groups excluding carboxylic acids is 1. The third-order valence-corrected chi connectivity index (χ3v) is 6.81. The van der Waals surface area contributed by atoms with Crippen molar-refractivity contribution in [2.75, 3.05) is 36.4 Å². The number of hydrogen-bond acceptors (Lipinski definition) is 5. The van der Waals surface area contributed by atoms with Crippen molar-refractivity contribution >= 4 is 28.9 Å². The zero-order valence-electron chi connectivity index (χ0n) is 22.8. The number of hydrogen-bond donors (Lipinski definition) is 2. The Morgan fingerprint density at radius 1 is 1.05 bits per heavy atom. The number of nitrogens with zero attached hydrogens (tertiary/aromatic N) is 3. The number of aliphatic imine (C=N–C) groups is 1. The van der Waals surface area contributed by atoms with Gasteiger partial charge >= 0.3 is 6.18 Å². The van der Waals surface area contributed by atoms with Crippen LogP contribution in [0.5, 0.6) is 0 Å². The molecule has 0 bridgehead atoms. The van der Waals surface area contributed by atoms with Crippen LogP contribution in [-0.2, 0) is 12.7 Å². The van der Waals surface area contributed by atoms with Crippen LogP contribution < -0.4 is 15.5 Å². The van der Waals surface area contributed by atoms with Crippen molar-refractivity contribution < 1.29 is 22.4 Å². The summed E-state index contributed by atoms with van der Waals surface area (Å²) < 4.78 is 53.7. The highest BCUT2D eigenvalue weighted by molar-refractivity contribution is 6.09. The Labute approximate surface area is 231 Å². The molecule has 0 aromatic heterocycles. The number of anilines is 2. The molecule has 4 rings (SSSR count). The van der Waals surface area contributed by atoms with E-state index < -0.39 is 29.0 Å². The molecule has 3 aromatic rings. The first-order chi connectivity index (χ1) is 19.1. The van der Waals surface area contributed by atoms with Crippen molar-refractivity contribution in [2.24, 2.45) is 4.99 Å². The Morgan fingerprint density at radius 3 is 2.52 bits per heavy atom. The lowest BCUT2D eigenvalue weighted by atomic mass is 10.1. The van der Waals surface area contributed by atoms with Crippen LogP contribution in [0.1, 0.15) is 47.3 Å². The number of alkyl halides is 3. The first-order valence-electron chi connectivity index (χ1n) is 13.3. The summed E-state index contributed by atoms with van der Waals surface area (Å²) in [6.45, 7) is 10.2. The van der Waals surface area contributed by atoms with E-state index in [9.17, 15) is 22.4 Å². The summed E-state index contributed by atoms with van der Waals surface area (Å²) in [7, 11) is 0. The smallest absolute Gasteiger partial charge is 0.356 e. The van der Waals surface area contributed by atoms with Gasteiger partial charge in [-0.15, -0.1) is 0 Å². The zero-order valence-corrected chi connectivity index (χ0v) is 22.8. The van der Waals surface area contributed by atoms with E-state index in [1.165, 1.54) is 0 Å². The Morgan fingerprint density at radius 2 is 1.80 bits per heavy atom. The van der Waals surface area contributed by atoms with Gasteiger partial charge in [0, 0.05) is 12.1 Å². The fraction of sp³-hybridized carbons (Fsp3) is 0.333. The van der Waals surface area contributed by atoms with Crippen molar-refractivity contribution in [1.29, 1.82) is 0 Å². The molecule has 1 aliphatic heterocycles. The van der Waals surface area contributed by atoms with Gasteiger partial charge in [0.1, 0.15) is 5.82 Å². The van der Waals surface area contributed by atoms with E-state index in [0.717, 1.165) is 48.9 Å². The average Bonchev–Trinajstić information content (AvgIpc) is 2.92. The SMILES string of the molecule is CCN(CC)CCCNC1=Nc2ccccc2CN1c1cc(C)ccc1NC(=O)c1cc(F)cc(C(F)(F)F)c1. The monoisotopic (exact) mass is 555 g/mol. The highest BCUT2D eigenvalue weighted by Gasteiger charge is 2.32. The molecule has 1 aliphatic rings. The number of para-hydroxylation sites is 1. The Hall–Kier alpha value is -3.92. The first kappa shape index (κ1) is 29.1. The molecule has 0 unspecified atom stereocenters. The molecule has 1 amide bonds. The second-order valence-electron chi connectivity index (χ2n) is 9.66. The van der Waals surface area contributed by atoms with Crippen LogP contribution in [0.3, 0.4) is 0 Å². The van der Waals surface area contributed by atoms with Crippen molar-refractivity contribution in [3.63, 3.8) is 0 Å². The number of halogens is 4. The molecule has 6 nitrogen and oxygen atoms in total.